The van der Waals surface area contributed by atoms with Gasteiger partial charge in [-0.1, -0.05) is 54.1 Å². The van der Waals surface area contributed by atoms with Crippen molar-refractivity contribution in [1.82, 2.24) is 5.32 Å². The number of carbonyl (C=O) groups excluding carboxylic acids is 1. The largest absolute Gasteiger partial charge is 0.496 e. The summed E-state index contributed by atoms with van der Waals surface area (Å²) in [6.45, 7) is 3.18. The molecule has 1 N–H and O–H groups in total. The maximum atomic E-state index is 13.5. The number of halogens is 1. The first-order valence-electron chi connectivity index (χ1n) is 10.00. The lowest BCUT2D eigenvalue weighted by atomic mass is 10.1. The third kappa shape index (κ3) is 5.23. The summed E-state index contributed by atoms with van der Waals surface area (Å²) in [4.78, 5) is 13.1. The van der Waals surface area contributed by atoms with Crippen LogP contribution in [0.2, 0.25) is 5.02 Å². The summed E-state index contributed by atoms with van der Waals surface area (Å²) in [6, 6.07) is 19.9. The summed E-state index contributed by atoms with van der Waals surface area (Å²) in [5.74, 6) is 0.182. The van der Waals surface area contributed by atoms with Crippen molar-refractivity contribution in [2.45, 2.75) is 24.8 Å². The molecule has 1 amide bonds. The molecule has 168 valence electrons. The van der Waals surface area contributed by atoms with Gasteiger partial charge >= 0.3 is 0 Å². The Hall–Kier alpha value is -3.03. The Kier molecular flexibility index (Phi) is 7.43. The van der Waals surface area contributed by atoms with E-state index in [2.05, 4.69) is 5.32 Å². The van der Waals surface area contributed by atoms with Gasteiger partial charge in [0.05, 0.1) is 23.7 Å². The van der Waals surface area contributed by atoms with Crippen molar-refractivity contribution in [2.75, 3.05) is 18.0 Å². The minimum atomic E-state index is -4.01. The van der Waals surface area contributed by atoms with Gasteiger partial charge in [-0.05, 0) is 49.7 Å². The van der Waals surface area contributed by atoms with Gasteiger partial charge in [0.25, 0.3) is 10.0 Å². The van der Waals surface area contributed by atoms with Crippen LogP contribution in [-0.2, 0) is 14.8 Å². The number of para-hydroxylation sites is 1. The number of methoxy groups -OCH3 is 1. The average Bonchev–Trinajstić information content (AvgIpc) is 2.79. The number of nitrogens with zero attached hydrogens (tertiary/aromatic N) is 1. The zero-order chi connectivity index (χ0) is 23.3. The molecule has 0 saturated carbocycles. The van der Waals surface area contributed by atoms with Crippen LogP contribution in [0.25, 0.3) is 0 Å². The zero-order valence-electron chi connectivity index (χ0n) is 18.1. The number of amides is 1. The van der Waals surface area contributed by atoms with Crippen LogP contribution in [0.4, 0.5) is 5.69 Å². The number of anilines is 1. The lowest BCUT2D eigenvalue weighted by Crippen LogP contribution is -2.42. The SMILES string of the molecule is COc1ccccc1[C@H](C)NC(=O)CN(c1cc(Cl)ccc1C)S(=O)(=O)c1ccccc1. The van der Waals surface area contributed by atoms with Gasteiger partial charge in [0.15, 0.2) is 0 Å². The Labute approximate surface area is 193 Å². The van der Waals surface area contributed by atoms with Gasteiger partial charge in [0.2, 0.25) is 5.91 Å². The minimum absolute atomic E-state index is 0.0879. The molecular formula is C24H25ClN2O4S. The normalized spacial score (nSPS) is 12.1. The van der Waals surface area contributed by atoms with Crippen LogP contribution in [0.15, 0.2) is 77.7 Å². The summed E-state index contributed by atoms with van der Waals surface area (Å²) in [5.41, 5.74) is 1.82. The molecule has 0 unspecified atom stereocenters. The van der Waals surface area contributed by atoms with Crippen molar-refractivity contribution in [2.24, 2.45) is 0 Å². The Balaban J connectivity index is 1.94. The number of hydrogen-bond acceptors (Lipinski definition) is 4. The van der Waals surface area contributed by atoms with E-state index in [0.717, 1.165) is 9.87 Å². The summed E-state index contributed by atoms with van der Waals surface area (Å²) < 4.78 is 33.4. The van der Waals surface area contributed by atoms with Crippen molar-refractivity contribution in [3.8, 4) is 5.75 Å². The Morgan fingerprint density at radius 1 is 1.06 bits per heavy atom. The van der Waals surface area contributed by atoms with Gasteiger partial charge in [-0.2, -0.15) is 0 Å². The molecule has 8 heteroatoms. The fourth-order valence-corrected chi connectivity index (χ4v) is 5.05. The van der Waals surface area contributed by atoms with Gasteiger partial charge in [0, 0.05) is 10.6 Å². The molecule has 0 aliphatic carbocycles. The molecule has 3 aromatic rings. The highest BCUT2D eigenvalue weighted by atomic mass is 35.5. The van der Waals surface area contributed by atoms with E-state index in [1.54, 1.807) is 56.5 Å². The highest BCUT2D eigenvalue weighted by molar-refractivity contribution is 7.92. The maximum absolute atomic E-state index is 13.5. The monoisotopic (exact) mass is 472 g/mol. The molecule has 0 aromatic heterocycles. The van der Waals surface area contributed by atoms with Crippen molar-refractivity contribution in [1.29, 1.82) is 0 Å². The number of hydrogen-bond donors (Lipinski definition) is 1. The van der Waals surface area contributed by atoms with E-state index < -0.39 is 22.5 Å². The summed E-state index contributed by atoms with van der Waals surface area (Å²) in [5, 5.41) is 3.25. The van der Waals surface area contributed by atoms with E-state index in [9.17, 15) is 13.2 Å². The zero-order valence-corrected chi connectivity index (χ0v) is 19.7. The number of benzene rings is 3. The van der Waals surface area contributed by atoms with Crippen LogP contribution in [-0.4, -0.2) is 28.0 Å². The number of aryl methyl sites for hydroxylation is 1. The number of sulfonamides is 1. The second-order valence-electron chi connectivity index (χ2n) is 7.29. The predicted molar refractivity (Wildman–Crippen MR) is 127 cm³/mol. The number of nitrogens with one attached hydrogen (secondary N) is 1. The van der Waals surface area contributed by atoms with Crippen LogP contribution in [0.3, 0.4) is 0 Å². The number of rotatable bonds is 8. The highest BCUT2D eigenvalue weighted by Crippen LogP contribution is 2.30. The molecule has 0 heterocycles. The molecule has 1 atom stereocenters. The molecule has 0 bridgehead atoms. The summed E-state index contributed by atoms with van der Waals surface area (Å²) >= 11 is 6.16. The van der Waals surface area contributed by atoms with Crippen molar-refractivity contribution in [3.05, 3.63) is 88.9 Å². The third-order valence-electron chi connectivity index (χ3n) is 5.04. The lowest BCUT2D eigenvalue weighted by molar-refractivity contribution is -0.120. The van der Waals surface area contributed by atoms with E-state index in [1.165, 1.54) is 12.1 Å². The average molecular weight is 473 g/mol. The molecule has 0 saturated heterocycles. The lowest BCUT2D eigenvalue weighted by Gasteiger charge is -2.27. The number of ether oxygens (including phenoxy) is 1. The van der Waals surface area contributed by atoms with E-state index in [4.69, 9.17) is 16.3 Å². The molecule has 0 aliphatic rings. The fraction of sp³-hybridized carbons (Fsp3) is 0.208. The second kappa shape index (κ2) is 10.1. The summed E-state index contributed by atoms with van der Waals surface area (Å²) in [6.07, 6.45) is 0. The van der Waals surface area contributed by atoms with E-state index in [1.807, 2.05) is 25.1 Å². The Morgan fingerprint density at radius 2 is 1.72 bits per heavy atom. The molecule has 6 nitrogen and oxygen atoms in total. The van der Waals surface area contributed by atoms with Gasteiger partial charge in [0.1, 0.15) is 12.3 Å². The first-order valence-corrected chi connectivity index (χ1v) is 11.8. The minimum Gasteiger partial charge on any atom is -0.496 e. The summed E-state index contributed by atoms with van der Waals surface area (Å²) in [7, 11) is -2.45. The van der Waals surface area contributed by atoms with Crippen molar-refractivity contribution >= 4 is 33.2 Å². The maximum Gasteiger partial charge on any atom is 0.264 e. The molecule has 3 aromatic carbocycles. The quantitative estimate of drug-likeness (QED) is 0.514. The predicted octanol–water partition coefficient (Wildman–Crippen LogP) is 4.73. The van der Waals surface area contributed by atoms with E-state index >= 15 is 0 Å². The van der Waals surface area contributed by atoms with Gasteiger partial charge in [-0.25, -0.2) is 8.42 Å². The molecule has 0 spiro atoms. The van der Waals surface area contributed by atoms with Crippen LogP contribution < -0.4 is 14.4 Å². The molecule has 0 radical (unpaired) electrons. The van der Waals surface area contributed by atoms with Crippen LogP contribution in [0.5, 0.6) is 5.75 Å². The van der Waals surface area contributed by atoms with Crippen LogP contribution in [0.1, 0.15) is 24.1 Å². The first kappa shape index (κ1) is 23.6. The van der Waals surface area contributed by atoms with Crippen LogP contribution in [0, 0.1) is 6.92 Å². The number of carbonyl (C=O) groups is 1. The van der Waals surface area contributed by atoms with Crippen LogP contribution >= 0.6 is 11.6 Å². The Morgan fingerprint density at radius 3 is 2.41 bits per heavy atom. The first-order chi connectivity index (χ1) is 15.2. The second-order valence-corrected chi connectivity index (χ2v) is 9.59. The van der Waals surface area contributed by atoms with Gasteiger partial charge in [-0.15, -0.1) is 0 Å². The van der Waals surface area contributed by atoms with Crippen molar-refractivity contribution in [3.63, 3.8) is 0 Å². The van der Waals surface area contributed by atoms with E-state index in [-0.39, 0.29) is 10.9 Å². The molecule has 32 heavy (non-hydrogen) atoms. The molecule has 3 rings (SSSR count). The standard InChI is InChI=1S/C24H25ClN2O4S/c1-17-13-14-19(25)15-22(17)27(32(29,30)20-9-5-4-6-10-20)16-24(28)26-18(2)21-11-7-8-12-23(21)31-3/h4-15,18H,16H2,1-3H3,(H,26,28)/t18-/m0/s1. The fourth-order valence-electron chi connectivity index (χ4n) is 3.39. The third-order valence-corrected chi connectivity index (χ3v) is 7.05. The van der Waals surface area contributed by atoms with Crippen molar-refractivity contribution < 1.29 is 17.9 Å². The molecular weight excluding hydrogens is 448 g/mol. The smallest absolute Gasteiger partial charge is 0.264 e. The Bertz CT molecular complexity index is 1200. The van der Waals surface area contributed by atoms with E-state index in [0.29, 0.717) is 22.0 Å². The highest BCUT2D eigenvalue weighted by Gasteiger charge is 2.29. The molecule has 0 fully saturated rings. The van der Waals surface area contributed by atoms with Gasteiger partial charge < -0.3 is 10.1 Å². The molecule has 0 aliphatic heterocycles. The van der Waals surface area contributed by atoms with Gasteiger partial charge in [-0.3, -0.25) is 9.10 Å². The topological polar surface area (TPSA) is 75.7 Å².